The Bertz CT molecular complexity index is 838. The normalized spacial score (nSPS) is 19.5. The molecule has 2 aliphatic rings. The van der Waals surface area contributed by atoms with Gasteiger partial charge >= 0.3 is 0 Å². The number of nitrogens with one attached hydrogen (secondary N) is 1. The van der Waals surface area contributed by atoms with Crippen molar-refractivity contribution in [3.8, 4) is 0 Å². The molecule has 9 nitrogen and oxygen atoms in total. The quantitative estimate of drug-likeness (QED) is 0.835. The molecule has 0 aliphatic carbocycles. The molecule has 1 saturated heterocycles. The van der Waals surface area contributed by atoms with Gasteiger partial charge in [-0.2, -0.15) is 5.10 Å². The maximum Gasteiger partial charge on any atom is 0.249 e. The van der Waals surface area contributed by atoms with Crippen molar-refractivity contribution in [2.45, 2.75) is 37.8 Å². The van der Waals surface area contributed by atoms with E-state index in [1.165, 1.54) is 7.11 Å². The van der Waals surface area contributed by atoms with E-state index in [9.17, 15) is 9.59 Å². The Hall–Kier alpha value is -2.68. The summed E-state index contributed by atoms with van der Waals surface area (Å²) < 4.78 is 6.77. The molecule has 2 aliphatic heterocycles. The standard InChI is InChI=1S/C19H26N6O3/c1-14(25-8-3-7-22-25)18(27)23-10-5-19(6-11-23)17-15(20-13-21-17)4-9-24(19)16(26)12-28-2/h3,7-8,13-14H,4-6,9-12H2,1-2H3,(H,20,21). The van der Waals surface area contributed by atoms with E-state index in [1.54, 1.807) is 23.4 Å². The van der Waals surface area contributed by atoms with Crippen LogP contribution in [-0.4, -0.2) is 74.7 Å². The van der Waals surface area contributed by atoms with Gasteiger partial charge in [0.1, 0.15) is 12.6 Å². The molecule has 9 heteroatoms. The predicted octanol–water partition coefficient (Wildman–Crippen LogP) is 0.716. The van der Waals surface area contributed by atoms with E-state index in [1.807, 2.05) is 22.8 Å². The summed E-state index contributed by atoms with van der Waals surface area (Å²) >= 11 is 0. The first-order chi connectivity index (χ1) is 13.6. The van der Waals surface area contributed by atoms with E-state index >= 15 is 0 Å². The highest BCUT2D eigenvalue weighted by atomic mass is 16.5. The van der Waals surface area contributed by atoms with Gasteiger partial charge in [0.05, 0.1) is 17.6 Å². The minimum Gasteiger partial charge on any atom is -0.375 e. The molecular formula is C19H26N6O3. The fourth-order valence-electron chi connectivity index (χ4n) is 4.53. The number of methoxy groups -OCH3 is 1. The second-order valence-electron chi connectivity index (χ2n) is 7.48. The molecule has 1 unspecified atom stereocenters. The maximum atomic E-state index is 12.9. The number of nitrogens with zero attached hydrogens (tertiary/aromatic N) is 5. The Kier molecular flexibility index (Phi) is 4.92. The SMILES string of the molecule is COCC(=O)N1CCc2[nH]cnc2C12CCN(C(=O)C(C)n1cccn1)CC2. The predicted molar refractivity (Wildman–Crippen MR) is 100 cm³/mol. The van der Waals surface area contributed by atoms with Crippen LogP contribution in [0.3, 0.4) is 0 Å². The topological polar surface area (TPSA) is 96.4 Å². The summed E-state index contributed by atoms with van der Waals surface area (Å²) in [7, 11) is 1.53. The van der Waals surface area contributed by atoms with E-state index in [2.05, 4.69) is 15.1 Å². The molecule has 1 N–H and O–H groups in total. The second kappa shape index (κ2) is 7.38. The number of carbonyl (C=O) groups is 2. The number of aromatic nitrogens is 4. The summed E-state index contributed by atoms with van der Waals surface area (Å²) in [5.41, 5.74) is 1.55. The smallest absolute Gasteiger partial charge is 0.249 e. The average Bonchev–Trinajstić information content (AvgIpc) is 3.40. The number of carbonyl (C=O) groups excluding carboxylic acids is 2. The van der Waals surface area contributed by atoms with Crippen molar-refractivity contribution >= 4 is 11.8 Å². The number of piperidine rings is 1. The lowest BCUT2D eigenvalue weighted by molar-refractivity contribution is -0.148. The van der Waals surface area contributed by atoms with E-state index in [0.717, 1.165) is 17.8 Å². The van der Waals surface area contributed by atoms with Crippen molar-refractivity contribution in [3.63, 3.8) is 0 Å². The molecule has 0 bridgehead atoms. The van der Waals surface area contributed by atoms with Gasteiger partial charge in [-0.05, 0) is 25.8 Å². The molecule has 4 heterocycles. The Morgan fingerprint density at radius 2 is 2.11 bits per heavy atom. The first-order valence-corrected chi connectivity index (χ1v) is 9.67. The average molecular weight is 386 g/mol. The third kappa shape index (κ3) is 2.99. The minimum absolute atomic E-state index is 0.0270. The van der Waals surface area contributed by atoms with Crippen molar-refractivity contribution in [3.05, 3.63) is 36.2 Å². The molecule has 1 spiro atoms. The van der Waals surface area contributed by atoms with Gasteiger partial charge in [0.25, 0.3) is 0 Å². The number of H-pyrrole nitrogens is 1. The molecular weight excluding hydrogens is 360 g/mol. The first kappa shape index (κ1) is 18.7. The highest BCUT2D eigenvalue weighted by molar-refractivity contribution is 5.81. The molecule has 0 radical (unpaired) electrons. The van der Waals surface area contributed by atoms with Gasteiger partial charge in [-0.1, -0.05) is 0 Å². The third-order valence-electron chi connectivity index (χ3n) is 6.01. The van der Waals surface area contributed by atoms with Crippen molar-refractivity contribution in [2.24, 2.45) is 0 Å². The Morgan fingerprint density at radius 1 is 1.32 bits per heavy atom. The van der Waals surface area contributed by atoms with Crippen LogP contribution in [0.15, 0.2) is 24.8 Å². The summed E-state index contributed by atoms with van der Waals surface area (Å²) in [6, 6.07) is 1.47. The van der Waals surface area contributed by atoms with Gasteiger partial charge < -0.3 is 19.5 Å². The van der Waals surface area contributed by atoms with E-state index in [4.69, 9.17) is 4.74 Å². The monoisotopic (exact) mass is 386 g/mol. The fraction of sp³-hybridized carbons (Fsp3) is 0.579. The Morgan fingerprint density at radius 3 is 2.79 bits per heavy atom. The molecule has 28 heavy (non-hydrogen) atoms. The van der Waals surface area contributed by atoms with Crippen LogP contribution in [0.5, 0.6) is 0 Å². The van der Waals surface area contributed by atoms with Crippen LogP contribution < -0.4 is 0 Å². The van der Waals surface area contributed by atoms with Gasteiger partial charge in [0.2, 0.25) is 11.8 Å². The lowest BCUT2D eigenvalue weighted by Crippen LogP contribution is -2.59. The lowest BCUT2D eigenvalue weighted by atomic mass is 9.78. The summed E-state index contributed by atoms with van der Waals surface area (Å²) in [6.07, 6.45) is 7.26. The number of likely N-dealkylation sites (tertiary alicyclic amines) is 1. The van der Waals surface area contributed by atoms with Crippen LogP contribution in [0.1, 0.15) is 37.2 Å². The van der Waals surface area contributed by atoms with Crippen molar-refractivity contribution in [1.29, 1.82) is 0 Å². The zero-order valence-corrected chi connectivity index (χ0v) is 16.3. The van der Waals surface area contributed by atoms with Crippen LogP contribution in [0.4, 0.5) is 0 Å². The minimum atomic E-state index is -0.477. The van der Waals surface area contributed by atoms with Gasteiger partial charge in [0.15, 0.2) is 0 Å². The molecule has 2 amide bonds. The number of imidazole rings is 1. The number of ether oxygens (including phenoxy) is 1. The molecule has 0 saturated carbocycles. The van der Waals surface area contributed by atoms with E-state index < -0.39 is 5.54 Å². The molecule has 150 valence electrons. The molecule has 1 atom stereocenters. The Labute approximate surface area is 163 Å². The highest BCUT2D eigenvalue weighted by Gasteiger charge is 2.49. The highest BCUT2D eigenvalue weighted by Crippen LogP contribution is 2.42. The molecule has 2 aromatic rings. The third-order valence-corrected chi connectivity index (χ3v) is 6.01. The van der Waals surface area contributed by atoms with Gasteiger partial charge in [-0.25, -0.2) is 4.98 Å². The summed E-state index contributed by atoms with van der Waals surface area (Å²) in [5.74, 6) is 0.0206. The van der Waals surface area contributed by atoms with Gasteiger partial charge in [-0.3, -0.25) is 14.3 Å². The zero-order chi connectivity index (χ0) is 19.7. The molecule has 0 aromatic carbocycles. The Balaban J connectivity index is 1.55. The van der Waals surface area contributed by atoms with Crippen LogP contribution in [-0.2, 0) is 26.3 Å². The van der Waals surface area contributed by atoms with Crippen molar-refractivity contribution in [2.75, 3.05) is 33.4 Å². The van der Waals surface area contributed by atoms with Gasteiger partial charge in [0, 0.05) is 51.3 Å². The lowest BCUT2D eigenvalue weighted by Gasteiger charge is -2.50. The molecule has 1 fully saturated rings. The number of fused-ring (bicyclic) bond motifs is 2. The maximum absolute atomic E-state index is 12.9. The summed E-state index contributed by atoms with van der Waals surface area (Å²) in [4.78, 5) is 37.2. The van der Waals surface area contributed by atoms with Crippen LogP contribution in [0.2, 0.25) is 0 Å². The van der Waals surface area contributed by atoms with Crippen molar-refractivity contribution in [1.82, 2.24) is 29.5 Å². The largest absolute Gasteiger partial charge is 0.375 e. The number of hydrogen-bond acceptors (Lipinski definition) is 5. The van der Waals surface area contributed by atoms with Crippen LogP contribution in [0.25, 0.3) is 0 Å². The van der Waals surface area contributed by atoms with Gasteiger partial charge in [-0.15, -0.1) is 0 Å². The summed E-state index contributed by atoms with van der Waals surface area (Å²) in [5, 5.41) is 4.18. The van der Waals surface area contributed by atoms with E-state index in [-0.39, 0.29) is 24.5 Å². The number of aromatic amines is 1. The van der Waals surface area contributed by atoms with Crippen LogP contribution in [0, 0.1) is 0 Å². The molecule has 2 aromatic heterocycles. The van der Waals surface area contributed by atoms with E-state index in [0.29, 0.717) is 32.5 Å². The number of rotatable bonds is 4. The summed E-state index contributed by atoms with van der Waals surface area (Å²) in [6.45, 7) is 3.71. The van der Waals surface area contributed by atoms with Crippen molar-refractivity contribution < 1.29 is 14.3 Å². The van der Waals surface area contributed by atoms with Crippen LogP contribution >= 0.6 is 0 Å². The first-order valence-electron chi connectivity index (χ1n) is 9.67. The zero-order valence-electron chi connectivity index (χ0n) is 16.3. The number of hydrogen-bond donors (Lipinski definition) is 1. The molecule has 4 rings (SSSR count). The fourth-order valence-corrected chi connectivity index (χ4v) is 4.53. The number of amides is 2. The second-order valence-corrected chi connectivity index (χ2v) is 7.48.